The van der Waals surface area contributed by atoms with E-state index in [0.29, 0.717) is 56.3 Å². The number of pyridine rings is 2. The number of rotatable bonds is 9. The molecule has 0 aliphatic heterocycles. The van der Waals surface area contributed by atoms with Gasteiger partial charge in [0.15, 0.2) is 5.54 Å². The molecule has 2 heterocycles. The fraction of sp³-hybridized carbons (Fsp3) is 0.414. The molecule has 4 rings (SSSR count). The fourth-order valence-electron chi connectivity index (χ4n) is 4.67. The zero-order valence-corrected chi connectivity index (χ0v) is 26.1. The first-order valence-corrected chi connectivity index (χ1v) is 14.3. The molecular weight excluding hydrogens is 663 g/mol. The fourth-order valence-corrected chi connectivity index (χ4v) is 5.44. The Morgan fingerprint density at radius 1 is 1.26 bits per heavy atom. The molecule has 0 unspecified atom stereocenters. The van der Waals surface area contributed by atoms with Gasteiger partial charge in [0.2, 0.25) is 5.95 Å². The smallest absolute Gasteiger partial charge is 0.388 e. The summed E-state index contributed by atoms with van der Waals surface area (Å²) in [5.74, 6) is 5.34. The minimum absolute atomic E-state index is 0.0700. The molecule has 0 radical (unpaired) electrons. The molecular formula is C29H33F4IN8. The number of aromatic nitrogens is 2. The predicted molar refractivity (Wildman–Crippen MR) is 164 cm³/mol. The van der Waals surface area contributed by atoms with E-state index in [1.54, 1.807) is 14.0 Å². The summed E-state index contributed by atoms with van der Waals surface area (Å²) >= 11 is 2.16. The molecule has 0 bridgehead atoms. The van der Waals surface area contributed by atoms with E-state index in [9.17, 15) is 22.8 Å². The second-order valence-electron chi connectivity index (χ2n) is 11.6. The van der Waals surface area contributed by atoms with Crippen LogP contribution in [0.25, 0.3) is 10.9 Å². The number of nitrogens with one attached hydrogen (secondary N) is 3. The topological polar surface area (TPSA) is 115 Å². The highest BCUT2D eigenvalue weighted by atomic mass is 127. The number of fused-ring (bicyclic) bond motifs is 1. The first kappa shape index (κ1) is 31.6. The van der Waals surface area contributed by atoms with Gasteiger partial charge < -0.3 is 21.0 Å². The van der Waals surface area contributed by atoms with Crippen molar-refractivity contribution in [1.82, 2.24) is 20.3 Å². The van der Waals surface area contributed by atoms with Gasteiger partial charge in [-0.3, -0.25) is 4.98 Å². The SMILES string of the molecule is CN/C(=C\N(N)C1(C(F)(F)F)CC1)[C@@H](Nc1cc(I)c2ncc(C#N)c(NCC(C)(C)C)c2c1)c1ccc(F)nc1C. The van der Waals surface area contributed by atoms with Crippen molar-refractivity contribution < 1.29 is 17.6 Å². The van der Waals surface area contributed by atoms with E-state index in [4.69, 9.17) is 5.84 Å². The van der Waals surface area contributed by atoms with Crippen LogP contribution in [0.5, 0.6) is 0 Å². The number of alkyl halides is 3. The van der Waals surface area contributed by atoms with E-state index in [1.807, 2.05) is 12.1 Å². The third-order valence-electron chi connectivity index (χ3n) is 7.18. The highest BCUT2D eigenvalue weighted by molar-refractivity contribution is 14.1. The summed E-state index contributed by atoms with van der Waals surface area (Å²) in [6, 6.07) is 7.83. The maximum atomic E-state index is 14.0. The molecule has 13 heteroatoms. The minimum atomic E-state index is -4.51. The molecule has 224 valence electrons. The van der Waals surface area contributed by atoms with E-state index >= 15 is 0 Å². The molecule has 8 nitrogen and oxygen atoms in total. The lowest BCUT2D eigenvalue weighted by Gasteiger charge is -2.31. The van der Waals surface area contributed by atoms with Gasteiger partial charge in [-0.2, -0.15) is 22.8 Å². The highest BCUT2D eigenvalue weighted by Gasteiger charge is 2.66. The van der Waals surface area contributed by atoms with Gasteiger partial charge in [-0.25, -0.2) is 10.8 Å². The monoisotopic (exact) mass is 696 g/mol. The van der Waals surface area contributed by atoms with Gasteiger partial charge >= 0.3 is 6.18 Å². The molecule has 1 saturated carbocycles. The van der Waals surface area contributed by atoms with Crippen LogP contribution in [0.15, 0.2) is 42.4 Å². The first-order valence-electron chi connectivity index (χ1n) is 13.3. The number of aryl methyl sites for hydroxylation is 1. The lowest BCUT2D eigenvalue weighted by atomic mass is 9.96. The Hall–Kier alpha value is -3.38. The Kier molecular flexibility index (Phi) is 8.80. The summed E-state index contributed by atoms with van der Waals surface area (Å²) < 4.78 is 56.3. The standard InChI is InChI=1S/C29H33F4IN8/c1-16-19(6-7-23(30)40-16)26(22(37-5)14-42(36)28(8-9-28)29(31,32)33)41-18-10-20-24(39-15-27(2,3)4)17(12-35)13-38-25(20)21(34)11-18/h6-7,10-11,13-14,26,37,41H,8-9,15,36H2,1-5H3,(H,38,39)/b22-14-/t26-/m0/s1. The second kappa shape index (κ2) is 11.7. The summed E-state index contributed by atoms with van der Waals surface area (Å²) in [5.41, 5.74) is 1.29. The maximum Gasteiger partial charge on any atom is 0.413 e. The van der Waals surface area contributed by atoms with Crippen molar-refractivity contribution in [3.05, 3.63) is 68.7 Å². The third kappa shape index (κ3) is 6.49. The lowest BCUT2D eigenvalue weighted by molar-refractivity contribution is -0.189. The van der Waals surface area contributed by atoms with Gasteiger partial charge in [-0.1, -0.05) is 26.8 Å². The maximum absolute atomic E-state index is 14.0. The minimum Gasteiger partial charge on any atom is -0.388 e. The average molecular weight is 697 g/mol. The van der Waals surface area contributed by atoms with Crippen molar-refractivity contribution in [2.75, 3.05) is 24.2 Å². The number of nitrogens with zero attached hydrogens (tertiary/aromatic N) is 4. The Labute approximate surface area is 255 Å². The van der Waals surface area contributed by atoms with E-state index in [1.165, 1.54) is 24.5 Å². The van der Waals surface area contributed by atoms with E-state index in [2.05, 4.69) is 75.3 Å². The summed E-state index contributed by atoms with van der Waals surface area (Å²) in [5, 5.41) is 21.0. The number of likely N-dealkylation sites (N-methyl/N-ethyl adjacent to an activating group) is 1. The number of halogens is 5. The molecule has 0 spiro atoms. The van der Waals surface area contributed by atoms with Crippen molar-refractivity contribution >= 4 is 44.9 Å². The lowest BCUT2D eigenvalue weighted by Crippen LogP contribution is -2.49. The van der Waals surface area contributed by atoms with Crippen LogP contribution in [-0.4, -0.2) is 40.3 Å². The van der Waals surface area contributed by atoms with Gasteiger partial charge in [0.1, 0.15) is 6.07 Å². The summed E-state index contributed by atoms with van der Waals surface area (Å²) in [7, 11) is 1.58. The second-order valence-corrected chi connectivity index (χ2v) is 12.7. The molecule has 42 heavy (non-hydrogen) atoms. The first-order chi connectivity index (χ1) is 19.6. The molecule has 1 aliphatic carbocycles. The van der Waals surface area contributed by atoms with E-state index < -0.39 is 23.7 Å². The summed E-state index contributed by atoms with van der Waals surface area (Å²) in [4.78, 5) is 8.44. The molecule has 2 aromatic heterocycles. The summed E-state index contributed by atoms with van der Waals surface area (Å²) in [6.07, 6.45) is -1.97. The largest absolute Gasteiger partial charge is 0.413 e. The van der Waals surface area contributed by atoms with Gasteiger partial charge in [-0.05, 0) is 66.0 Å². The Morgan fingerprint density at radius 2 is 1.95 bits per heavy atom. The number of hydrazine groups is 1. The molecule has 1 fully saturated rings. The van der Waals surface area contributed by atoms with Crippen molar-refractivity contribution in [1.29, 1.82) is 5.26 Å². The highest BCUT2D eigenvalue weighted by Crippen LogP contribution is 2.52. The van der Waals surface area contributed by atoms with Crippen molar-refractivity contribution in [2.45, 2.75) is 58.3 Å². The van der Waals surface area contributed by atoms with Crippen molar-refractivity contribution in [3.63, 3.8) is 0 Å². The van der Waals surface area contributed by atoms with Crippen LogP contribution in [0.3, 0.4) is 0 Å². The zero-order chi connectivity index (χ0) is 31.0. The van der Waals surface area contributed by atoms with Crippen LogP contribution in [0, 0.1) is 33.2 Å². The number of hydrogen-bond donors (Lipinski definition) is 4. The van der Waals surface area contributed by atoms with Gasteiger partial charge in [0.25, 0.3) is 0 Å². The van der Waals surface area contributed by atoms with Crippen LogP contribution < -0.4 is 21.8 Å². The molecule has 0 amide bonds. The predicted octanol–water partition coefficient (Wildman–Crippen LogP) is 6.50. The van der Waals surface area contributed by atoms with Crippen LogP contribution in [0.4, 0.5) is 28.9 Å². The number of nitriles is 1. The number of hydrogen-bond acceptors (Lipinski definition) is 8. The quantitative estimate of drug-likeness (QED) is 0.0660. The Bertz CT molecular complexity index is 1550. The zero-order valence-electron chi connectivity index (χ0n) is 23.9. The molecule has 1 aliphatic rings. The van der Waals surface area contributed by atoms with Crippen molar-refractivity contribution in [2.24, 2.45) is 11.3 Å². The molecule has 3 aromatic rings. The molecule has 1 atom stereocenters. The Morgan fingerprint density at radius 3 is 2.50 bits per heavy atom. The van der Waals surface area contributed by atoms with E-state index in [0.717, 1.165) is 3.57 Å². The van der Waals surface area contributed by atoms with Crippen LogP contribution in [0.2, 0.25) is 0 Å². The van der Waals surface area contributed by atoms with Crippen molar-refractivity contribution in [3.8, 4) is 6.07 Å². The van der Waals surface area contributed by atoms with Gasteiger partial charge in [0, 0.05) is 51.9 Å². The third-order valence-corrected chi connectivity index (χ3v) is 8.00. The van der Waals surface area contributed by atoms with Gasteiger partial charge in [-0.15, -0.1) is 0 Å². The normalized spacial score (nSPS) is 15.6. The van der Waals surface area contributed by atoms with Crippen LogP contribution in [-0.2, 0) is 0 Å². The number of anilines is 2. The number of nitrogens with two attached hydrogens (primary N) is 1. The Balaban J connectivity index is 1.84. The van der Waals surface area contributed by atoms with E-state index in [-0.39, 0.29) is 18.3 Å². The summed E-state index contributed by atoms with van der Waals surface area (Å²) in [6.45, 7) is 8.45. The van der Waals surface area contributed by atoms with Crippen LogP contribution >= 0.6 is 22.6 Å². The van der Waals surface area contributed by atoms with Crippen LogP contribution in [0.1, 0.15) is 56.5 Å². The molecule has 5 N–H and O–H groups in total. The average Bonchev–Trinajstić information content (AvgIpc) is 3.71. The number of benzene rings is 1. The van der Waals surface area contributed by atoms with Gasteiger partial charge in [0.05, 0.1) is 28.5 Å². The molecule has 0 saturated heterocycles. The molecule has 1 aromatic carbocycles.